The van der Waals surface area contributed by atoms with Gasteiger partial charge in [0.15, 0.2) is 0 Å². The summed E-state index contributed by atoms with van der Waals surface area (Å²) in [4.78, 5) is 25.4. The van der Waals surface area contributed by atoms with Crippen molar-refractivity contribution in [3.05, 3.63) is 35.4 Å². The Bertz CT molecular complexity index is 407. The lowest BCUT2D eigenvalue weighted by Gasteiger charge is -2.14. The lowest BCUT2D eigenvalue weighted by molar-refractivity contribution is 0.0653. The van der Waals surface area contributed by atoms with Crippen molar-refractivity contribution in [2.45, 2.75) is 18.2 Å². The van der Waals surface area contributed by atoms with E-state index >= 15 is 0 Å². The van der Waals surface area contributed by atoms with Crippen LogP contribution in [-0.4, -0.2) is 28.1 Å². The van der Waals surface area contributed by atoms with E-state index in [1.807, 2.05) is 6.92 Å². The van der Waals surface area contributed by atoms with Gasteiger partial charge in [0.05, 0.1) is 11.1 Å². The molecule has 0 aliphatic carbocycles. The average molecular weight is 282 g/mol. The minimum absolute atomic E-state index is 0.172. The van der Waals surface area contributed by atoms with Gasteiger partial charge in [0.2, 0.25) is 0 Å². The second-order valence-corrected chi connectivity index (χ2v) is 5.44. The van der Waals surface area contributed by atoms with Gasteiger partial charge in [-0.2, -0.15) is 0 Å². The van der Waals surface area contributed by atoms with E-state index < -0.39 is 0 Å². The van der Waals surface area contributed by atoms with Gasteiger partial charge in [0, 0.05) is 11.4 Å². The minimum atomic E-state index is -0.172. The Morgan fingerprint density at radius 1 is 1.19 bits per heavy atom. The van der Waals surface area contributed by atoms with Crippen LogP contribution in [0.4, 0.5) is 0 Å². The molecule has 3 nitrogen and oxygen atoms in total. The van der Waals surface area contributed by atoms with Gasteiger partial charge in [-0.05, 0) is 18.6 Å². The van der Waals surface area contributed by atoms with Gasteiger partial charge in [-0.3, -0.25) is 14.5 Å². The number of halogens is 1. The van der Waals surface area contributed by atoms with E-state index in [0.717, 1.165) is 6.42 Å². The molecular formula is C12H12BrNO2. The number of rotatable bonds is 3. The van der Waals surface area contributed by atoms with Crippen LogP contribution < -0.4 is 0 Å². The lowest BCUT2D eigenvalue weighted by Crippen LogP contribution is -2.31. The molecule has 2 rings (SSSR count). The molecule has 1 aliphatic rings. The second-order valence-electron chi connectivity index (χ2n) is 3.88. The van der Waals surface area contributed by atoms with Crippen molar-refractivity contribution in [3.63, 3.8) is 0 Å². The van der Waals surface area contributed by atoms with Crippen LogP contribution in [-0.2, 0) is 0 Å². The van der Waals surface area contributed by atoms with Crippen LogP contribution in [0.25, 0.3) is 0 Å². The van der Waals surface area contributed by atoms with Crippen LogP contribution in [0.5, 0.6) is 0 Å². The molecule has 1 aliphatic heterocycles. The molecule has 0 saturated heterocycles. The quantitative estimate of drug-likeness (QED) is 0.631. The third-order valence-corrected chi connectivity index (χ3v) is 3.09. The molecule has 1 aromatic rings. The highest BCUT2D eigenvalue weighted by atomic mass is 79.9. The Labute approximate surface area is 103 Å². The van der Waals surface area contributed by atoms with Gasteiger partial charge in [0.25, 0.3) is 11.8 Å². The third-order valence-electron chi connectivity index (χ3n) is 2.63. The van der Waals surface area contributed by atoms with Gasteiger partial charge in [-0.25, -0.2) is 0 Å². The van der Waals surface area contributed by atoms with Crippen molar-refractivity contribution in [2.75, 3.05) is 6.54 Å². The van der Waals surface area contributed by atoms with Gasteiger partial charge >= 0.3 is 0 Å². The minimum Gasteiger partial charge on any atom is -0.274 e. The molecule has 1 aromatic carbocycles. The number of amides is 2. The SMILES string of the molecule is CC(Br)CCN1C(=O)c2ccccc2C1=O. The van der Waals surface area contributed by atoms with Gasteiger partial charge in [-0.15, -0.1) is 0 Å². The van der Waals surface area contributed by atoms with Gasteiger partial charge in [0.1, 0.15) is 0 Å². The Hall–Kier alpha value is -1.16. The molecule has 1 atom stereocenters. The molecule has 84 valence electrons. The van der Waals surface area contributed by atoms with E-state index in [2.05, 4.69) is 15.9 Å². The first-order chi connectivity index (χ1) is 7.61. The zero-order valence-electron chi connectivity index (χ0n) is 8.94. The molecule has 1 unspecified atom stereocenters. The molecule has 1 heterocycles. The first kappa shape index (κ1) is 11.3. The molecule has 0 spiro atoms. The van der Waals surface area contributed by atoms with Crippen molar-refractivity contribution in [1.82, 2.24) is 4.90 Å². The highest BCUT2D eigenvalue weighted by Crippen LogP contribution is 2.23. The third kappa shape index (κ3) is 1.89. The van der Waals surface area contributed by atoms with Crippen molar-refractivity contribution in [1.29, 1.82) is 0 Å². The number of fused-ring (bicyclic) bond motifs is 1. The molecule has 2 amide bonds. The number of imide groups is 1. The Balaban J connectivity index is 2.22. The van der Waals surface area contributed by atoms with Gasteiger partial charge in [-0.1, -0.05) is 35.0 Å². The maximum Gasteiger partial charge on any atom is 0.261 e. The summed E-state index contributed by atoms with van der Waals surface area (Å²) in [5, 5.41) is 0. The van der Waals surface area contributed by atoms with E-state index in [0.29, 0.717) is 22.5 Å². The summed E-state index contributed by atoms with van der Waals surface area (Å²) in [6, 6.07) is 6.96. The number of carbonyl (C=O) groups is 2. The van der Waals surface area contributed by atoms with E-state index in [-0.39, 0.29) is 11.8 Å². The number of carbonyl (C=O) groups excluding carboxylic acids is 2. The summed E-state index contributed by atoms with van der Waals surface area (Å²) in [6.07, 6.45) is 0.769. The van der Waals surface area contributed by atoms with E-state index in [4.69, 9.17) is 0 Å². The maximum absolute atomic E-state index is 11.9. The average Bonchev–Trinajstić information content (AvgIpc) is 2.50. The fraction of sp³-hybridized carbons (Fsp3) is 0.333. The predicted molar refractivity (Wildman–Crippen MR) is 64.8 cm³/mol. The van der Waals surface area contributed by atoms with Crippen LogP contribution in [0, 0.1) is 0 Å². The molecule has 0 N–H and O–H groups in total. The van der Waals surface area contributed by atoms with Crippen LogP contribution in [0.1, 0.15) is 34.1 Å². The topological polar surface area (TPSA) is 37.4 Å². The fourth-order valence-electron chi connectivity index (χ4n) is 1.75. The standard InChI is InChI=1S/C12H12BrNO2/c1-8(13)6-7-14-11(15)9-4-2-3-5-10(9)12(14)16/h2-5,8H,6-7H2,1H3. The highest BCUT2D eigenvalue weighted by molar-refractivity contribution is 9.09. The zero-order chi connectivity index (χ0) is 11.7. The molecule has 4 heteroatoms. The first-order valence-corrected chi connectivity index (χ1v) is 6.12. The second kappa shape index (κ2) is 4.37. The van der Waals surface area contributed by atoms with Crippen molar-refractivity contribution < 1.29 is 9.59 Å². The van der Waals surface area contributed by atoms with Crippen LogP contribution >= 0.6 is 15.9 Å². The monoisotopic (exact) mass is 281 g/mol. The summed E-state index contributed by atoms with van der Waals surface area (Å²) in [7, 11) is 0. The number of hydrogen-bond donors (Lipinski definition) is 0. The van der Waals surface area contributed by atoms with Crippen molar-refractivity contribution in [3.8, 4) is 0 Å². The van der Waals surface area contributed by atoms with Crippen LogP contribution in [0.2, 0.25) is 0 Å². The molecule has 0 radical (unpaired) electrons. The van der Waals surface area contributed by atoms with Gasteiger partial charge < -0.3 is 0 Å². The first-order valence-electron chi connectivity index (χ1n) is 5.20. The summed E-state index contributed by atoms with van der Waals surface area (Å²) in [5.41, 5.74) is 1.05. The Morgan fingerprint density at radius 3 is 2.12 bits per heavy atom. The highest BCUT2D eigenvalue weighted by Gasteiger charge is 2.34. The van der Waals surface area contributed by atoms with Crippen LogP contribution in [0.15, 0.2) is 24.3 Å². The maximum atomic E-state index is 11.9. The number of alkyl halides is 1. The largest absolute Gasteiger partial charge is 0.274 e. The molecule has 0 fully saturated rings. The van der Waals surface area contributed by atoms with Crippen molar-refractivity contribution >= 4 is 27.7 Å². The predicted octanol–water partition coefficient (Wildman–Crippen LogP) is 2.46. The van der Waals surface area contributed by atoms with Crippen molar-refractivity contribution in [2.24, 2.45) is 0 Å². The molecule has 0 bridgehead atoms. The smallest absolute Gasteiger partial charge is 0.261 e. The summed E-state index contributed by atoms with van der Waals surface area (Å²) in [5.74, 6) is -0.345. The summed E-state index contributed by atoms with van der Waals surface area (Å²) >= 11 is 3.41. The van der Waals surface area contributed by atoms with E-state index in [9.17, 15) is 9.59 Å². The van der Waals surface area contributed by atoms with E-state index in [1.54, 1.807) is 24.3 Å². The summed E-state index contributed by atoms with van der Waals surface area (Å²) in [6.45, 7) is 2.47. The Kier molecular flexibility index (Phi) is 3.10. The zero-order valence-corrected chi connectivity index (χ0v) is 10.5. The molecular weight excluding hydrogens is 270 g/mol. The van der Waals surface area contributed by atoms with E-state index in [1.165, 1.54) is 4.90 Å². The fourth-order valence-corrected chi connectivity index (χ4v) is 1.95. The lowest BCUT2D eigenvalue weighted by atomic mass is 10.1. The number of nitrogens with zero attached hydrogens (tertiary/aromatic N) is 1. The molecule has 0 aromatic heterocycles. The normalized spacial score (nSPS) is 16.5. The van der Waals surface area contributed by atoms with Crippen LogP contribution in [0.3, 0.4) is 0 Å². The molecule has 0 saturated carbocycles. The Morgan fingerprint density at radius 2 is 1.69 bits per heavy atom. The summed E-state index contributed by atoms with van der Waals surface area (Å²) < 4.78 is 0. The number of benzene rings is 1. The molecule has 16 heavy (non-hydrogen) atoms. The number of hydrogen-bond acceptors (Lipinski definition) is 2.